The zero-order valence-corrected chi connectivity index (χ0v) is 10.3. The zero-order valence-electron chi connectivity index (χ0n) is 7.91. The first-order valence-corrected chi connectivity index (χ1v) is 5.76. The van der Waals surface area contributed by atoms with E-state index in [1.54, 1.807) is 11.0 Å². The average molecular weight is 290 g/mol. The maximum atomic E-state index is 11.6. The van der Waals surface area contributed by atoms with Gasteiger partial charge >= 0.3 is 0 Å². The number of hydrogen-bond donors (Lipinski definition) is 1. The molecule has 1 unspecified atom stereocenters. The molecule has 1 atom stereocenters. The lowest BCUT2D eigenvalue weighted by molar-refractivity contribution is -0.117. The van der Waals surface area contributed by atoms with E-state index in [4.69, 9.17) is 17.3 Å². The first-order valence-electron chi connectivity index (χ1n) is 4.59. The van der Waals surface area contributed by atoms with E-state index in [0.29, 0.717) is 18.0 Å². The van der Waals surface area contributed by atoms with Crippen LogP contribution in [0.15, 0.2) is 22.7 Å². The SMILES string of the molecule is NC1CC(=O)N(c2cc(Br)ccc2Cl)C1. The van der Waals surface area contributed by atoms with Gasteiger partial charge in [-0.3, -0.25) is 4.79 Å². The summed E-state index contributed by atoms with van der Waals surface area (Å²) in [4.78, 5) is 13.3. The van der Waals surface area contributed by atoms with Gasteiger partial charge in [0.15, 0.2) is 0 Å². The fourth-order valence-electron chi connectivity index (χ4n) is 1.66. The van der Waals surface area contributed by atoms with Crippen LogP contribution in [-0.2, 0) is 4.79 Å². The van der Waals surface area contributed by atoms with Gasteiger partial charge in [0.2, 0.25) is 5.91 Å². The maximum Gasteiger partial charge on any atom is 0.228 e. The average Bonchev–Trinajstić information content (AvgIpc) is 2.50. The molecule has 1 aromatic rings. The lowest BCUT2D eigenvalue weighted by Gasteiger charge is -2.17. The Hall–Kier alpha value is -0.580. The number of carbonyl (C=O) groups excluding carboxylic acids is 1. The summed E-state index contributed by atoms with van der Waals surface area (Å²) in [6.07, 6.45) is 0.392. The van der Waals surface area contributed by atoms with Crippen LogP contribution in [0, 0.1) is 0 Å². The minimum Gasteiger partial charge on any atom is -0.326 e. The van der Waals surface area contributed by atoms with Crippen LogP contribution >= 0.6 is 27.5 Å². The van der Waals surface area contributed by atoms with Gasteiger partial charge in [-0.15, -0.1) is 0 Å². The summed E-state index contributed by atoms with van der Waals surface area (Å²) < 4.78 is 0.898. The van der Waals surface area contributed by atoms with E-state index in [9.17, 15) is 4.79 Å². The minimum atomic E-state index is -0.0902. The Morgan fingerprint density at radius 3 is 2.87 bits per heavy atom. The van der Waals surface area contributed by atoms with Crippen molar-refractivity contribution in [3.63, 3.8) is 0 Å². The predicted molar refractivity (Wildman–Crippen MR) is 64.1 cm³/mol. The summed E-state index contributed by atoms with van der Waals surface area (Å²) in [6.45, 7) is 0.537. The fourth-order valence-corrected chi connectivity index (χ4v) is 2.23. The first-order chi connectivity index (χ1) is 7.08. The highest BCUT2D eigenvalue weighted by Gasteiger charge is 2.29. The molecule has 0 radical (unpaired) electrons. The molecule has 1 aliphatic heterocycles. The third kappa shape index (κ3) is 2.17. The molecule has 0 spiro atoms. The van der Waals surface area contributed by atoms with Crippen LogP contribution in [0.5, 0.6) is 0 Å². The maximum absolute atomic E-state index is 11.6. The number of halogens is 2. The van der Waals surface area contributed by atoms with E-state index in [0.717, 1.165) is 10.2 Å². The molecule has 1 amide bonds. The molecular formula is C10H10BrClN2O. The van der Waals surface area contributed by atoms with Crippen molar-refractivity contribution in [1.29, 1.82) is 0 Å². The third-order valence-electron chi connectivity index (χ3n) is 2.35. The number of amides is 1. The largest absolute Gasteiger partial charge is 0.326 e. The van der Waals surface area contributed by atoms with Gasteiger partial charge < -0.3 is 10.6 Å². The number of anilines is 1. The lowest BCUT2D eigenvalue weighted by atomic mass is 10.3. The molecule has 2 rings (SSSR count). The Kier molecular flexibility index (Phi) is 3.00. The quantitative estimate of drug-likeness (QED) is 0.861. The third-order valence-corrected chi connectivity index (χ3v) is 3.17. The molecule has 2 N–H and O–H groups in total. The number of carbonyl (C=O) groups is 1. The number of benzene rings is 1. The van der Waals surface area contributed by atoms with E-state index >= 15 is 0 Å². The Balaban J connectivity index is 2.37. The monoisotopic (exact) mass is 288 g/mol. The van der Waals surface area contributed by atoms with Gasteiger partial charge in [-0.1, -0.05) is 27.5 Å². The van der Waals surface area contributed by atoms with Crippen LogP contribution in [0.1, 0.15) is 6.42 Å². The summed E-state index contributed by atoms with van der Waals surface area (Å²) >= 11 is 9.38. The van der Waals surface area contributed by atoms with E-state index < -0.39 is 0 Å². The van der Waals surface area contributed by atoms with Crippen molar-refractivity contribution >= 4 is 39.1 Å². The molecule has 5 heteroatoms. The van der Waals surface area contributed by atoms with E-state index in [2.05, 4.69) is 15.9 Å². The molecule has 0 saturated carbocycles. The molecule has 1 heterocycles. The van der Waals surface area contributed by atoms with Crippen molar-refractivity contribution < 1.29 is 4.79 Å². The van der Waals surface area contributed by atoms with Gasteiger partial charge in [0, 0.05) is 23.5 Å². The molecule has 3 nitrogen and oxygen atoms in total. The summed E-state index contributed by atoms with van der Waals surface area (Å²) in [7, 11) is 0. The highest BCUT2D eigenvalue weighted by Crippen LogP contribution is 2.31. The van der Waals surface area contributed by atoms with Gasteiger partial charge in [0.05, 0.1) is 10.7 Å². The van der Waals surface area contributed by atoms with Crippen LogP contribution in [0.2, 0.25) is 5.02 Å². The van der Waals surface area contributed by atoms with Crippen molar-refractivity contribution in [2.75, 3.05) is 11.4 Å². The van der Waals surface area contributed by atoms with Crippen LogP contribution in [0.25, 0.3) is 0 Å². The van der Waals surface area contributed by atoms with Crippen molar-refractivity contribution in [3.05, 3.63) is 27.7 Å². The second kappa shape index (κ2) is 4.12. The summed E-state index contributed by atoms with van der Waals surface area (Å²) in [6, 6.07) is 5.34. The minimum absolute atomic E-state index is 0.0301. The standard InChI is InChI=1S/C10H10BrClN2O/c11-6-1-2-8(12)9(3-6)14-5-7(13)4-10(14)15/h1-3,7H,4-5,13H2. The summed E-state index contributed by atoms with van der Waals surface area (Å²) in [5.41, 5.74) is 6.45. The molecule has 80 valence electrons. The van der Waals surface area contributed by atoms with Crippen molar-refractivity contribution in [2.24, 2.45) is 5.73 Å². The molecule has 1 aliphatic rings. The second-order valence-corrected chi connectivity index (χ2v) is 4.89. The van der Waals surface area contributed by atoms with Crippen LogP contribution in [-0.4, -0.2) is 18.5 Å². The Morgan fingerprint density at radius 1 is 1.53 bits per heavy atom. The zero-order chi connectivity index (χ0) is 11.0. The van der Waals surface area contributed by atoms with Gasteiger partial charge in [-0.2, -0.15) is 0 Å². The van der Waals surface area contributed by atoms with Crippen molar-refractivity contribution in [3.8, 4) is 0 Å². The predicted octanol–water partition coefficient (Wildman–Crippen LogP) is 2.17. The van der Waals surface area contributed by atoms with Crippen LogP contribution in [0.4, 0.5) is 5.69 Å². The number of hydrogen-bond acceptors (Lipinski definition) is 2. The van der Waals surface area contributed by atoms with Gasteiger partial charge in [0.25, 0.3) is 0 Å². The molecule has 1 saturated heterocycles. The fraction of sp³-hybridized carbons (Fsp3) is 0.300. The molecule has 0 aromatic heterocycles. The van der Waals surface area contributed by atoms with Crippen LogP contribution in [0.3, 0.4) is 0 Å². The Bertz CT molecular complexity index is 410. The highest BCUT2D eigenvalue weighted by molar-refractivity contribution is 9.10. The molecule has 1 aromatic carbocycles. The van der Waals surface area contributed by atoms with Crippen LogP contribution < -0.4 is 10.6 Å². The smallest absolute Gasteiger partial charge is 0.228 e. The summed E-state index contributed by atoms with van der Waals surface area (Å²) in [5.74, 6) is 0.0301. The first kappa shape index (κ1) is 10.9. The number of nitrogens with zero attached hydrogens (tertiary/aromatic N) is 1. The second-order valence-electron chi connectivity index (χ2n) is 3.56. The van der Waals surface area contributed by atoms with Gasteiger partial charge in [0.1, 0.15) is 0 Å². The van der Waals surface area contributed by atoms with E-state index in [1.807, 2.05) is 12.1 Å². The normalized spacial score (nSPS) is 21.1. The molecule has 1 fully saturated rings. The molecule has 15 heavy (non-hydrogen) atoms. The van der Waals surface area contributed by atoms with Crippen molar-refractivity contribution in [2.45, 2.75) is 12.5 Å². The molecule has 0 bridgehead atoms. The highest BCUT2D eigenvalue weighted by atomic mass is 79.9. The molecule has 0 aliphatic carbocycles. The van der Waals surface area contributed by atoms with Crippen molar-refractivity contribution in [1.82, 2.24) is 0 Å². The number of nitrogens with two attached hydrogens (primary N) is 1. The summed E-state index contributed by atoms with van der Waals surface area (Å²) in [5, 5.41) is 0.570. The van der Waals surface area contributed by atoms with E-state index in [-0.39, 0.29) is 11.9 Å². The van der Waals surface area contributed by atoms with Gasteiger partial charge in [-0.05, 0) is 18.2 Å². The Labute approximate surface area is 101 Å². The van der Waals surface area contributed by atoms with E-state index in [1.165, 1.54) is 0 Å². The topological polar surface area (TPSA) is 46.3 Å². The Morgan fingerprint density at radius 2 is 2.27 bits per heavy atom. The van der Waals surface area contributed by atoms with Gasteiger partial charge in [-0.25, -0.2) is 0 Å². The lowest BCUT2D eigenvalue weighted by Crippen LogP contribution is -2.28. The molecular weight excluding hydrogens is 279 g/mol. The number of rotatable bonds is 1.